The van der Waals surface area contributed by atoms with Crippen molar-refractivity contribution in [3.8, 4) is 0 Å². The van der Waals surface area contributed by atoms with Crippen molar-refractivity contribution in [3.63, 3.8) is 0 Å². The molecule has 2 N–H and O–H groups in total. The molecule has 0 spiro atoms. The number of nitrogens with two attached hydrogens (primary N) is 1. The fourth-order valence-corrected chi connectivity index (χ4v) is 1.46. The van der Waals surface area contributed by atoms with E-state index in [-0.39, 0.29) is 5.56 Å². The molecule has 0 fully saturated rings. The summed E-state index contributed by atoms with van der Waals surface area (Å²) in [4.78, 5) is 11.5. The van der Waals surface area contributed by atoms with E-state index in [9.17, 15) is 4.79 Å². The standard InChI is InChI=1S/C12H13N3O/c1-9-2-7-12(16)15(14-9)8-10-3-5-11(13)6-4-10/h2-7H,8,13H2,1H3. The number of aryl methyl sites for hydroxylation is 1. The van der Waals surface area contributed by atoms with Crippen molar-refractivity contribution in [2.75, 3.05) is 5.73 Å². The first kappa shape index (κ1) is 10.4. The Morgan fingerprint density at radius 3 is 2.56 bits per heavy atom. The van der Waals surface area contributed by atoms with E-state index in [0.29, 0.717) is 12.2 Å². The van der Waals surface area contributed by atoms with E-state index in [1.807, 2.05) is 31.2 Å². The lowest BCUT2D eigenvalue weighted by molar-refractivity contribution is 0.628. The highest BCUT2D eigenvalue weighted by atomic mass is 16.1. The van der Waals surface area contributed by atoms with Crippen LogP contribution in [0.15, 0.2) is 41.2 Å². The van der Waals surface area contributed by atoms with Gasteiger partial charge in [0.25, 0.3) is 5.56 Å². The molecule has 0 radical (unpaired) electrons. The maximum absolute atomic E-state index is 11.5. The van der Waals surface area contributed by atoms with Crippen LogP contribution in [0.1, 0.15) is 11.3 Å². The summed E-state index contributed by atoms with van der Waals surface area (Å²) in [6.07, 6.45) is 0. The van der Waals surface area contributed by atoms with Crippen LogP contribution >= 0.6 is 0 Å². The summed E-state index contributed by atoms with van der Waals surface area (Å²) < 4.78 is 1.45. The molecule has 0 unspecified atom stereocenters. The van der Waals surface area contributed by atoms with Crippen LogP contribution < -0.4 is 11.3 Å². The highest BCUT2D eigenvalue weighted by Crippen LogP contribution is 2.05. The summed E-state index contributed by atoms with van der Waals surface area (Å²) in [5, 5.41) is 4.16. The maximum Gasteiger partial charge on any atom is 0.267 e. The van der Waals surface area contributed by atoms with Crippen LogP contribution in [0, 0.1) is 6.92 Å². The monoisotopic (exact) mass is 215 g/mol. The first-order valence-electron chi connectivity index (χ1n) is 5.04. The van der Waals surface area contributed by atoms with Gasteiger partial charge in [0.15, 0.2) is 0 Å². The van der Waals surface area contributed by atoms with Crippen LogP contribution in [0.4, 0.5) is 5.69 Å². The molecule has 4 heteroatoms. The lowest BCUT2D eigenvalue weighted by atomic mass is 10.2. The summed E-state index contributed by atoms with van der Waals surface area (Å²) in [6, 6.07) is 10.7. The number of hydrogen-bond acceptors (Lipinski definition) is 3. The highest BCUT2D eigenvalue weighted by Gasteiger charge is 1.99. The van der Waals surface area contributed by atoms with Gasteiger partial charge in [-0.1, -0.05) is 12.1 Å². The molecule has 4 nitrogen and oxygen atoms in total. The number of hydrogen-bond donors (Lipinski definition) is 1. The molecule has 0 aliphatic rings. The van der Waals surface area contributed by atoms with Gasteiger partial charge in [-0.15, -0.1) is 0 Å². The number of nitrogens with zero attached hydrogens (tertiary/aromatic N) is 2. The summed E-state index contributed by atoms with van der Waals surface area (Å²) in [5.41, 5.74) is 8.05. The second kappa shape index (κ2) is 4.18. The summed E-state index contributed by atoms with van der Waals surface area (Å²) in [5.74, 6) is 0. The number of anilines is 1. The van der Waals surface area contributed by atoms with Crippen LogP contribution in [-0.2, 0) is 6.54 Å². The van der Waals surface area contributed by atoms with Gasteiger partial charge in [-0.25, -0.2) is 4.68 Å². The Kier molecular flexibility index (Phi) is 2.72. The number of aromatic nitrogens is 2. The molecule has 0 aliphatic carbocycles. The predicted molar refractivity (Wildman–Crippen MR) is 63.2 cm³/mol. The Balaban J connectivity index is 2.30. The van der Waals surface area contributed by atoms with Gasteiger partial charge in [0.1, 0.15) is 0 Å². The minimum atomic E-state index is -0.0950. The van der Waals surface area contributed by atoms with Crippen molar-refractivity contribution in [2.24, 2.45) is 0 Å². The Labute approximate surface area is 93.3 Å². The maximum atomic E-state index is 11.5. The number of rotatable bonds is 2. The molecule has 0 saturated heterocycles. The molecule has 2 rings (SSSR count). The van der Waals surface area contributed by atoms with Crippen molar-refractivity contribution in [2.45, 2.75) is 13.5 Å². The molecule has 0 aliphatic heterocycles. The van der Waals surface area contributed by atoms with Gasteiger partial charge >= 0.3 is 0 Å². The van der Waals surface area contributed by atoms with Crippen LogP contribution in [0.2, 0.25) is 0 Å². The van der Waals surface area contributed by atoms with Crippen molar-refractivity contribution >= 4 is 5.69 Å². The van der Waals surface area contributed by atoms with Crippen molar-refractivity contribution in [1.29, 1.82) is 0 Å². The molecule has 0 atom stereocenters. The largest absolute Gasteiger partial charge is 0.399 e. The van der Waals surface area contributed by atoms with E-state index < -0.39 is 0 Å². The molecule has 16 heavy (non-hydrogen) atoms. The SMILES string of the molecule is Cc1ccc(=O)n(Cc2ccc(N)cc2)n1. The molecule has 1 aromatic carbocycles. The van der Waals surface area contributed by atoms with Crippen LogP contribution in [0.3, 0.4) is 0 Å². The van der Waals surface area contributed by atoms with Gasteiger partial charge in [0.2, 0.25) is 0 Å². The Bertz CT molecular complexity index is 543. The van der Waals surface area contributed by atoms with Crippen molar-refractivity contribution in [1.82, 2.24) is 9.78 Å². The molecular formula is C12H13N3O. The summed E-state index contributed by atoms with van der Waals surface area (Å²) in [6.45, 7) is 2.33. The van der Waals surface area contributed by atoms with Crippen LogP contribution in [0.25, 0.3) is 0 Å². The Morgan fingerprint density at radius 2 is 1.88 bits per heavy atom. The van der Waals surface area contributed by atoms with Gasteiger partial charge in [-0.3, -0.25) is 4.79 Å². The van der Waals surface area contributed by atoms with Crippen molar-refractivity contribution in [3.05, 3.63) is 58.0 Å². The predicted octanol–water partition coefficient (Wildman–Crippen LogP) is 1.18. The van der Waals surface area contributed by atoms with E-state index in [4.69, 9.17) is 5.73 Å². The molecule has 82 valence electrons. The first-order chi connectivity index (χ1) is 7.65. The van der Waals surface area contributed by atoms with E-state index in [0.717, 1.165) is 11.3 Å². The van der Waals surface area contributed by atoms with Gasteiger partial charge < -0.3 is 5.73 Å². The van der Waals surface area contributed by atoms with E-state index in [2.05, 4.69) is 5.10 Å². The van der Waals surface area contributed by atoms with E-state index >= 15 is 0 Å². The average Bonchev–Trinajstić information content (AvgIpc) is 2.27. The molecule has 1 heterocycles. The van der Waals surface area contributed by atoms with Crippen LogP contribution in [0.5, 0.6) is 0 Å². The third kappa shape index (κ3) is 2.28. The number of nitrogen functional groups attached to an aromatic ring is 1. The summed E-state index contributed by atoms with van der Waals surface area (Å²) in [7, 11) is 0. The fourth-order valence-electron chi connectivity index (χ4n) is 1.46. The molecule has 0 amide bonds. The minimum Gasteiger partial charge on any atom is -0.399 e. The summed E-state index contributed by atoms with van der Waals surface area (Å²) >= 11 is 0. The Hall–Kier alpha value is -2.10. The molecular weight excluding hydrogens is 202 g/mol. The van der Waals surface area contributed by atoms with E-state index in [1.54, 1.807) is 6.07 Å². The third-order valence-electron chi connectivity index (χ3n) is 2.31. The smallest absolute Gasteiger partial charge is 0.267 e. The first-order valence-corrected chi connectivity index (χ1v) is 5.04. The quantitative estimate of drug-likeness (QED) is 0.765. The zero-order valence-electron chi connectivity index (χ0n) is 9.05. The molecule has 2 aromatic rings. The van der Waals surface area contributed by atoms with E-state index in [1.165, 1.54) is 10.7 Å². The Morgan fingerprint density at radius 1 is 1.19 bits per heavy atom. The third-order valence-corrected chi connectivity index (χ3v) is 2.31. The fraction of sp³-hybridized carbons (Fsp3) is 0.167. The molecule has 0 saturated carbocycles. The number of benzene rings is 1. The zero-order chi connectivity index (χ0) is 11.5. The average molecular weight is 215 g/mol. The lowest BCUT2D eigenvalue weighted by Gasteiger charge is -2.05. The van der Waals surface area contributed by atoms with Crippen molar-refractivity contribution < 1.29 is 0 Å². The van der Waals surface area contributed by atoms with Gasteiger partial charge in [0, 0.05) is 11.8 Å². The normalized spacial score (nSPS) is 10.3. The highest BCUT2D eigenvalue weighted by molar-refractivity contribution is 5.39. The second-order valence-electron chi connectivity index (χ2n) is 3.71. The zero-order valence-corrected chi connectivity index (χ0v) is 9.05. The lowest BCUT2D eigenvalue weighted by Crippen LogP contribution is -2.22. The van der Waals surface area contributed by atoms with Gasteiger partial charge in [-0.2, -0.15) is 5.10 Å². The van der Waals surface area contributed by atoms with Gasteiger partial charge in [0.05, 0.1) is 12.2 Å². The molecule has 1 aromatic heterocycles. The molecule has 0 bridgehead atoms. The second-order valence-corrected chi connectivity index (χ2v) is 3.71. The van der Waals surface area contributed by atoms with Gasteiger partial charge in [-0.05, 0) is 30.7 Å². The van der Waals surface area contributed by atoms with Crippen LogP contribution in [-0.4, -0.2) is 9.78 Å². The minimum absolute atomic E-state index is 0.0950. The topological polar surface area (TPSA) is 60.9 Å².